The number of halogens is 1. The highest BCUT2D eigenvalue weighted by Gasteiger charge is 2.09. The highest BCUT2D eigenvalue weighted by Crippen LogP contribution is 2.22. The summed E-state index contributed by atoms with van der Waals surface area (Å²) in [7, 11) is 3.37. The zero-order valence-corrected chi connectivity index (χ0v) is 10.5. The molecule has 1 heterocycles. The molecular formula is C9H15ClN2O2S. The van der Waals surface area contributed by atoms with E-state index in [1.807, 2.05) is 5.38 Å². The average molecular weight is 251 g/mol. The molecule has 0 unspecified atom stereocenters. The van der Waals surface area contributed by atoms with E-state index in [2.05, 4.69) is 9.88 Å². The highest BCUT2D eigenvalue weighted by molar-refractivity contribution is 7.14. The first kappa shape index (κ1) is 12.7. The minimum absolute atomic E-state index is 0.537. The maximum atomic E-state index is 5.78. The van der Waals surface area contributed by atoms with Gasteiger partial charge in [-0.25, -0.2) is 4.98 Å². The maximum Gasteiger partial charge on any atom is 0.186 e. The molecule has 15 heavy (non-hydrogen) atoms. The van der Waals surface area contributed by atoms with Gasteiger partial charge in [0.25, 0.3) is 0 Å². The van der Waals surface area contributed by atoms with Crippen LogP contribution in [0.3, 0.4) is 0 Å². The Balaban J connectivity index is 2.54. The van der Waals surface area contributed by atoms with Gasteiger partial charge in [0.05, 0.1) is 13.2 Å². The van der Waals surface area contributed by atoms with Gasteiger partial charge in [-0.3, -0.25) is 0 Å². The van der Waals surface area contributed by atoms with Gasteiger partial charge in [0, 0.05) is 32.7 Å². The van der Waals surface area contributed by atoms with Crippen LogP contribution in [0.15, 0.2) is 5.38 Å². The van der Waals surface area contributed by atoms with E-state index >= 15 is 0 Å². The molecule has 0 atom stereocenters. The lowest BCUT2D eigenvalue weighted by Gasteiger charge is -2.20. The topological polar surface area (TPSA) is 34.6 Å². The molecule has 1 aromatic rings. The van der Waals surface area contributed by atoms with E-state index in [0.717, 1.165) is 18.2 Å². The van der Waals surface area contributed by atoms with Crippen LogP contribution in [0, 0.1) is 0 Å². The molecular weight excluding hydrogens is 236 g/mol. The summed E-state index contributed by atoms with van der Waals surface area (Å²) >= 11 is 7.31. The van der Waals surface area contributed by atoms with Crippen LogP contribution in [-0.2, 0) is 9.47 Å². The molecule has 0 aliphatic heterocycles. The summed E-state index contributed by atoms with van der Waals surface area (Å²) in [5.41, 5.74) is 0. The SMILES string of the molecule is COCCN(CCOC)c1nc(Cl)cs1. The monoisotopic (exact) mass is 250 g/mol. The zero-order valence-electron chi connectivity index (χ0n) is 8.90. The molecule has 0 fully saturated rings. The third-order valence-electron chi connectivity index (χ3n) is 1.87. The van der Waals surface area contributed by atoms with Crippen LogP contribution >= 0.6 is 22.9 Å². The minimum atomic E-state index is 0.537. The number of rotatable bonds is 7. The molecule has 0 bridgehead atoms. The average Bonchev–Trinajstić information content (AvgIpc) is 2.65. The van der Waals surface area contributed by atoms with Gasteiger partial charge in [0.2, 0.25) is 0 Å². The number of hydrogen-bond donors (Lipinski definition) is 0. The fourth-order valence-corrected chi connectivity index (χ4v) is 2.10. The van der Waals surface area contributed by atoms with Gasteiger partial charge < -0.3 is 14.4 Å². The van der Waals surface area contributed by atoms with Crippen molar-refractivity contribution in [3.05, 3.63) is 10.5 Å². The largest absolute Gasteiger partial charge is 0.383 e. The molecule has 0 saturated heterocycles. The van der Waals surface area contributed by atoms with Crippen molar-refractivity contribution in [2.24, 2.45) is 0 Å². The Kier molecular flexibility index (Phi) is 5.93. The summed E-state index contributed by atoms with van der Waals surface area (Å²) < 4.78 is 10.1. The van der Waals surface area contributed by atoms with Crippen LogP contribution in [0.4, 0.5) is 5.13 Å². The fourth-order valence-electron chi connectivity index (χ4n) is 1.10. The first-order valence-electron chi connectivity index (χ1n) is 4.61. The molecule has 86 valence electrons. The molecule has 0 N–H and O–H groups in total. The molecule has 0 aliphatic carbocycles. The summed E-state index contributed by atoms with van der Waals surface area (Å²) in [6, 6.07) is 0. The molecule has 0 saturated carbocycles. The summed E-state index contributed by atoms with van der Waals surface area (Å²) in [5.74, 6) is 0. The Morgan fingerprint density at radius 3 is 2.33 bits per heavy atom. The number of aromatic nitrogens is 1. The van der Waals surface area contributed by atoms with Gasteiger partial charge >= 0.3 is 0 Å². The molecule has 0 aromatic carbocycles. The van der Waals surface area contributed by atoms with Crippen molar-refractivity contribution in [1.82, 2.24) is 4.98 Å². The van der Waals surface area contributed by atoms with E-state index in [1.54, 1.807) is 14.2 Å². The number of ether oxygens (including phenoxy) is 2. The number of hydrogen-bond acceptors (Lipinski definition) is 5. The smallest absolute Gasteiger partial charge is 0.186 e. The van der Waals surface area contributed by atoms with Gasteiger partial charge in [0.15, 0.2) is 5.13 Å². The number of methoxy groups -OCH3 is 2. The van der Waals surface area contributed by atoms with Gasteiger partial charge in [-0.2, -0.15) is 0 Å². The van der Waals surface area contributed by atoms with Gasteiger partial charge in [-0.15, -0.1) is 11.3 Å². The standard InChI is InChI=1S/C9H15ClN2O2S/c1-13-5-3-12(4-6-14-2)9-11-8(10)7-15-9/h7H,3-6H2,1-2H3. The van der Waals surface area contributed by atoms with Crippen LogP contribution in [0.2, 0.25) is 5.15 Å². The van der Waals surface area contributed by atoms with Crippen molar-refractivity contribution in [3.8, 4) is 0 Å². The van der Waals surface area contributed by atoms with E-state index in [9.17, 15) is 0 Å². The molecule has 6 heteroatoms. The van der Waals surface area contributed by atoms with E-state index in [0.29, 0.717) is 18.4 Å². The van der Waals surface area contributed by atoms with E-state index < -0.39 is 0 Å². The molecule has 0 spiro atoms. The summed E-state index contributed by atoms with van der Waals surface area (Å²) in [5, 5.41) is 3.27. The van der Waals surface area contributed by atoms with Crippen molar-refractivity contribution in [2.45, 2.75) is 0 Å². The second-order valence-electron chi connectivity index (χ2n) is 2.93. The lowest BCUT2D eigenvalue weighted by molar-refractivity contribution is 0.190. The minimum Gasteiger partial charge on any atom is -0.383 e. The quantitative estimate of drug-likeness (QED) is 0.740. The van der Waals surface area contributed by atoms with E-state index in [4.69, 9.17) is 21.1 Å². The van der Waals surface area contributed by atoms with Gasteiger partial charge in [0.1, 0.15) is 5.15 Å². The number of anilines is 1. The van der Waals surface area contributed by atoms with Crippen molar-refractivity contribution in [3.63, 3.8) is 0 Å². The Bertz CT molecular complexity index is 275. The Morgan fingerprint density at radius 1 is 1.33 bits per heavy atom. The molecule has 1 aromatic heterocycles. The van der Waals surface area contributed by atoms with Gasteiger partial charge in [-0.05, 0) is 0 Å². The van der Waals surface area contributed by atoms with Crippen molar-refractivity contribution >= 4 is 28.1 Å². The molecule has 0 amide bonds. The van der Waals surface area contributed by atoms with E-state index in [1.165, 1.54) is 11.3 Å². The van der Waals surface area contributed by atoms with Crippen LogP contribution < -0.4 is 4.90 Å². The van der Waals surface area contributed by atoms with Crippen LogP contribution in [0.5, 0.6) is 0 Å². The Morgan fingerprint density at radius 2 is 1.93 bits per heavy atom. The van der Waals surface area contributed by atoms with Crippen molar-refractivity contribution in [2.75, 3.05) is 45.4 Å². The zero-order chi connectivity index (χ0) is 11.1. The molecule has 4 nitrogen and oxygen atoms in total. The summed E-state index contributed by atoms with van der Waals surface area (Å²) in [6.45, 7) is 2.93. The number of thiazole rings is 1. The fraction of sp³-hybridized carbons (Fsp3) is 0.667. The highest BCUT2D eigenvalue weighted by atomic mass is 35.5. The van der Waals surface area contributed by atoms with Crippen molar-refractivity contribution in [1.29, 1.82) is 0 Å². The number of nitrogens with zero attached hydrogens (tertiary/aromatic N) is 2. The van der Waals surface area contributed by atoms with Crippen LogP contribution in [0.25, 0.3) is 0 Å². The normalized spacial score (nSPS) is 10.6. The maximum absolute atomic E-state index is 5.78. The Labute approximate surface area is 98.8 Å². The molecule has 0 aliphatic rings. The molecule has 0 radical (unpaired) electrons. The second-order valence-corrected chi connectivity index (χ2v) is 4.15. The second kappa shape index (κ2) is 7.00. The summed E-state index contributed by atoms with van der Waals surface area (Å²) in [6.07, 6.45) is 0. The first-order valence-corrected chi connectivity index (χ1v) is 5.87. The van der Waals surface area contributed by atoms with Crippen molar-refractivity contribution < 1.29 is 9.47 Å². The predicted molar refractivity (Wildman–Crippen MR) is 63.1 cm³/mol. The van der Waals surface area contributed by atoms with Crippen LogP contribution in [0.1, 0.15) is 0 Å². The summed E-state index contributed by atoms with van der Waals surface area (Å²) in [4.78, 5) is 6.32. The lowest BCUT2D eigenvalue weighted by atomic mass is 10.5. The first-order chi connectivity index (χ1) is 7.27. The third kappa shape index (κ3) is 4.34. The molecule has 1 rings (SSSR count). The van der Waals surface area contributed by atoms with Gasteiger partial charge in [-0.1, -0.05) is 11.6 Å². The van der Waals surface area contributed by atoms with E-state index in [-0.39, 0.29) is 0 Å². The third-order valence-corrected chi connectivity index (χ3v) is 3.09. The van der Waals surface area contributed by atoms with Crippen LogP contribution in [-0.4, -0.2) is 45.5 Å². The Hall–Kier alpha value is -0.360. The predicted octanol–water partition coefficient (Wildman–Crippen LogP) is 1.90. The lowest BCUT2D eigenvalue weighted by Crippen LogP contribution is -2.30.